The largest absolute Gasteiger partial charge is 0.459 e. The Bertz CT molecular complexity index is 1090. The molecular weight excluding hydrogens is 416 g/mol. The highest BCUT2D eigenvalue weighted by molar-refractivity contribution is 5.91. The molecule has 0 bridgehead atoms. The van der Waals surface area contributed by atoms with Gasteiger partial charge in [0.25, 0.3) is 5.91 Å². The Balaban J connectivity index is 1.64. The van der Waals surface area contributed by atoms with E-state index in [0.717, 1.165) is 29.3 Å². The number of furan rings is 1. The van der Waals surface area contributed by atoms with Gasteiger partial charge in [0.05, 0.1) is 18.6 Å². The van der Waals surface area contributed by atoms with Crippen LogP contribution in [0, 0.1) is 6.92 Å². The van der Waals surface area contributed by atoms with Crippen molar-refractivity contribution >= 4 is 11.7 Å². The highest BCUT2D eigenvalue weighted by atomic mass is 16.5. The van der Waals surface area contributed by atoms with Gasteiger partial charge in [0, 0.05) is 51.2 Å². The average molecular weight is 449 g/mol. The van der Waals surface area contributed by atoms with Crippen molar-refractivity contribution in [2.75, 3.05) is 38.2 Å². The van der Waals surface area contributed by atoms with E-state index in [1.54, 1.807) is 19.2 Å². The quantitative estimate of drug-likeness (QED) is 0.539. The van der Waals surface area contributed by atoms with Crippen LogP contribution >= 0.6 is 0 Å². The number of carbonyl (C=O) groups is 1. The summed E-state index contributed by atoms with van der Waals surface area (Å²) in [7, 11) is 1.70. The standard InChI is InChI=1S/C26H32N4O3/c1-18(2)24-27-22(17-32-4)21(16-20-8-5-7-19(3)15-20)25(28-24)29-10-12-30(13-11-29)26(31)23-9-6-14-33-23/h5-9,14-15,18H,10-13,16-17H2,1-4H3. The van der Waals surface area contributed by atoms with E-state index in [-0.39, 0.29) is 11.8 Å². The summed E-state index contributed by atoms with van der Waals surface area (Å²) in [5.41, 5.74) is 4.48. The molecule has 1 aliphatic rings. The molecule has 174 valence electrons. The number of nitrogens with zero attached hydrogens (tertiary/aromatic N) is 4. The first-order chi connectivity index (χ1) is 16.0. The summed E-state index contributed by atoms with van der Waals surface area (Å²) in [6.45, 7) is 9.39. The number of ether oxygens (including phenoxy) is 1. The van der Waals surface area contributed by atoms with Crippen LogP contribution in [0.5, 0.6) is 0 Å². The number of amides is 1. The van der Waals surface area contributed by atoms with Gasteiger partial charge in [-0.2, -0.15) is 0 Å². The zero-order chi connectivity index (χ0) is 23.4. The third-order valence-corrected chi connectivity index (χ3v) is 5.95. The van der Waals surface area contributed by atoms with E-state index in [0.29, 0.717) is 38.5 Å². The fourth-order valence-electron chi connectivity index (χ4n) is 4.20. The molecule has 7 heteroatoms. The van der Waals surface area contributed by atoms with Gasteiger partial charge in [0.2, 0.25) is 0 Å². The molecule has 0 saturated carbocycles. The fraction of sp³-hybridized carbons (Fsp3) is 0.423. The van der Waals surface area contributed by atoms with Crippen LogP contribution in [0.3, 0.4) is 0 Å². The first-order valence-electron chi connectivity index (χ1n) is 11.5. The molecule has 1 aromatic carbocycles. The van der Waals surface area contributed by atoms with Crippen molar-refractivity contribution in [3.05, 3.63) is 76.6 Å². The van der Waals surface area contributed by atoms with Crippen molar-refractivity contribution in [3.8, 4) is 0 Å². The summed E-state index contributed by atoms with van der Waals surface area (Å²) >= 11 is 0. The molecule has 0 aliphatic carbocycles. The molecule has 0 unspecified atom stereocenters. The number of methoxy groups -OCH3 is 1. The minimum Gasteiger partial charge on any atom is -0.459 e. The third-order valence-electron chi connectivity index (χ3n) is 5.95. The lowest BCUT2D eigenvalue weighted by molar-refractivity contribution is 0.0714. The number of hydrogen-bond acceptors (Lipinski definition) is 6. The molecule has 1 amide bonds. The first-order valence-corrected chi connectivity index (χ1v) is 11.5. The number of benzene rings is 1. The van der Waals surface area contributed by atoms with E-state index in [1.807, 2.05) is 4.90 Å². The fourth-order valence-corrected chi connectivity index (χ4v) is 4.20. The van der Waals surface area contributed by atoms with Crippen LogP contribution < -0.4 is 4.90 Å². The second-order valence-electron chi connectivity index (χ2n) is 8.84. The van der Waals surface area contributed by atoms with Gasteiger partial charge in [-0.25, -0.2) is 9.97 Å². The van der Waals surface area contributed by atoms with Gasteiger partial charge in [-0.3, -0.25) is 4.79 Å². The van der Waals surface area contributed by atoms with Gasteiger partial charge < -0.3 is 19.0 Å². The van der Waals surface area contributed by atoms with E-state index >= 15 is 0 Å². The van der Waals surface area contributed by atoms with Gasteiger partial charge in [-0.15, -0.1) is 0 Å². The lowest BCUT2D eigenvalue weighted by Crippen LogP contribution is -2.49. The summed E-state index contributed by atoms with van der Waals surface area (Å²) in [4.78, 5) is 26.7. The zero-order valence-corrected chi connectivity index (χ0v) is 19.9. The number of aryl methyl sites for hydroxylation is 1. The third kappa shape index (κ3) is 5.25. The normalized spacial score (nSPS) is 14.2. The highest BCUT2D eigenvalue weighted by Crippen LogP contribution is 2.28. The van der Waals surface area contributed by atoms with Crippen LogP contribution in [-0.4, -0.2) is 54.1 Å². The SMILES string of the molecule is COCc1nc(C(C)C)nc(N2CCN(C(=O)c3ccco3)CC2)c1Cc1cccc(C)c1. The molecule has 4 rings (SSSR count). The van der Waals surface area contributed by atoms with Crippen LogP contribution in [0.1, 0.15) is 58.5 Å². The van der Waals surface area contributed by atoms with Crippen molar-refractivity contribution in [2.24, 2.45) is 0 Å². The molecule has 3 heterocycles. The smallest absolute Gasteiger partial charge is 0.289 e. The summed E-state index contributed by atoms with van der Waals surface area (Å²) in [6, 6.07) is 12.0. The van der Waals surface area contributed by atoms with Crippen LogP contribution in [-0.2, 0) is 17.8 Å². The molecule has 0 N–H and O–H groups in total. The second-order valence-corrected chi connectivity index (χ2v) is 8.84. The highest BCUT2D eigenvalue weighted by Gasteiger charge is 2.27. The second kappa shape index (κ2) is 10.2. The van der Waals surface area contributed by atoms with Crippen LogP contribution in [0.2, 0.25) is 0 Å². The molecule has 1 aliphatic heterocycles. The van der Waals surface area contributed by atoms with Crippen LogP contribution in [0.15, 0.2) is 47.1 Å². The number of anilines is 1. The maximum absolute atomic E-state index is 12.7. The minimum atomic E-state index is -0.0646. The molecule has 33 heavy (non-hydrogen) atoms. The summed E-state index contributed by atoms with van der Waals surface area (Å²) in [5, 5.41) is 0. The van der Waals surface area contributed by atoms with Crippen LogP contribution in [0.25, 0.3) is 0 Å². The molecule has 0 atom stereocenters. The monoisotopic (exact) mass is 448 g/mol. The Kier molecular flexibility index (Phi) is 7.08. The zero-order valence-electron chi connectivity index (χ0n) is 19.9. The molecule has 0 radical (unpaired) electrons. The van der Waals surface area contributed by atoms with Gasteiger partial charge in [0.1, 0.15) is 11.6 Å². The van der Waals surface area contributed by atoms with E-state index in [9.17, 15) is 4.79 Å². The van der Waals surface area contributed by atoms with Gasteiger partial charge in [-0.1, -0.05) is 43.7 Å². The van der Waals surface area contributed by atoms with Gasteiger partial charge in [0.15, 0.2) is 5.76 Å². The predicted molar refractivity (Wildman–Crippen MR) is 128 cm³/mol. The Hall–Kier alpha value is -3.19. The molecule has 0 spiro atoms. The van der Waals surface area contributed by atoms with Crippen molar-refractivity contribution in [1.29, 1.82) is 0 Å². The molecule has 3 aromatic rings. The lowest BCUT2D eigenvalue weighted by atomic mass is 10.0. The van der Waals surface area contributed by atoms with E-state index < -0.39 is 0 Å². The minimum absolute atomic E-state index is 0.0646. The molecule has 1 saturated heterocycles. The van der Waals surface area contributed by atoms with Gasteiger partial charge >= 0.3 is 0 Å². The molecule has 2 aromatic heterocycles. The number of aromatic nitrogens is 2. The molecular formula is C26H32N4O3. The molecule has 7 nitrogen and oxygen atoms in total. The Morgan fingerprint density at radius 3 is 2.55 bits per heavy atom. The van der Waals surface area contributed by atoms with Crippen molar-refractivity contribution < 1.29 is 13.9 Å². The number of hydrogen-bond donors (Lipinski definition) is 0. The van der Waals surface area contributed by atoms with Crippen molar-refractivity contribution in [3.63, 3.8) is 0 Å². The average Bonchev–Trinajstić information content (AvgIpc) is 3.35. The maximum Gasteiger partial charge on any atom is 0.289 e. The van der Waals surface area contributed by atoms with Crippen molar-refractivity contribution in [2.45, 2.75) is 39.7 Å². The topological polar surface area (TPSA) is 71.7 Å². The predicted octanol–water partition coefficient (Wildman–Crippen LogP) is 4.20. The number of rotatable bonds is 7. The van der Waals surface area contributed by atoms with Crippen molar-refractivity contribution in [1.82, 2.24) is 14.9 Å². The van der Waals surface area contributed by atoms with Gasteiger partial charge in [-0.05, 0) is 24.6 Å². The van der Waals surface area contributed by atoms with Crippen LogP contribution in [0.4, 0.5) is 5.82 Å². The maximum atomic E-state index is 12.7. The summed E-state index contributed by atoms with van der Waals surface area (Å²) in [5.74, 6) is 2.29. The van der Waals surface area contributed by atoms with E-state index in [1.165, 1.54) is 17.4 Å². The Morgan fingerprint density at radius 2 is 1.91 bits per heavy atom. The van der Waals surface area contributed by atoms with E-state index in [2.05, 4.69) is 49.9 Å². The Morgan fingerprint density at radius 1 is 1.12 bits per heavy atom. The number of carbonyl (C=O) groups excluding carboxylic acids is 1. The number of piperazine rings is 1. The van der Waals surface area contributed by atoms with E-state index in [4.69, 9.17) is 19.1 Å². The first kappa shape index (κ1) is 23.0. The lowest BCUT2D eigenvalue weighted by Gasteiger charge is -2.36. The summed E-state index contributed by atoms with van der Waals surface area (Å²) in [6.07, 6.45) is 2.27. The Labute approximate surface area is 195 Å². The molecule has 1 fully saturated rings. The summed E-state index contributed by atoms with van der Waals surface area (Å²) < 4.78 is 10.8.